The fraction of sp³-hybridized carbons (Fsp3) is 0.357. The Morgan fingerprint density at radius 1 is 1.52 bits per heavy atom. The third-order valence-electron chi connectivity index (χ3n) is 3.08. The predicted molar refractivity (Wildman–Crippen MR) is 77.7 cm³/mol. The number of carboxylic acids is 1. The fourth-order valence-corrected chi connectivity index (χ4v) is 2.15. The van der Waals surface area contributed by atoms with E-state index in [-0.39, 0.29) is 5.91 Å². The number of nitrogens with zero attached hydrogens (tertiary/aromatic N) is 1. The largest absolute Gasteiger partial charge is 0.479 e. The molecule has 0 spiro atoms. The van der Waals surface area contributed by atoms with E-state index >= 15 is 0 Å². The van der Waals surface area contributed by atoms with Crippen molar-refractivity contribution in [1.29, 1.82) is 0 Å². The lowest BCUT2D eigenvalue weighted by Gasteiger charge is -2.16. The number of benzene rings is 1. The van der Waals surface area contributed by atoms with Gasteiger partial charge in [-0.1, -0.05) is 18.5 Å². The summed E-state index contributed by atoms with van der Waals surface area (Å²) in [5, 5.41) is 13.3. The van der Waals surface area contributed by atoms with Gasteiger partial charge in [0.25, 0.3) is 0 Å². The van der Waals surface area contributed by atoms with Gasteiger partial charge in [0.15, 0.2) is 6.10 Å². The maximum atomic E-state index is 11.1. The SMILES string of the molecule is CCC(Oc1ccc(C2=NNC(=O)CC2)cc1Cl)C(=O)O. The molecule has 0 saturated heterocycles. The first-order chi connectivity index (χ1) is 10.0. The molecule has 2 N–H and O–H groups in total. The molecule has 112 valence electrons. The number of hydrazone groups is 1. The Morgan fingerprint density at radius 3 is 2.81 bits per heavy atom. The minimum atomic E-state index is -1.03. The van der Waals surface area contributed by atoms with Gasteiger partial charge in [-0.3, -0.25) is 4.79 Å². The van der Waals surface area contributed by atoms with Crippen LogP contribution in [0.25, 0.3) is 0 Å². The van der Waals surface area contributed by atoms with E-state index in [9.17, 15) is 9.59 Å². The first kappa shape index (κ1) is 15.3. The number of nitrogens with one attached hydrogen (secondary N) is 1. The maximum Gasteiger partial charge on any atom is 0.344 e. The molecule has 1 amide bonds. The number of carbonyl (C=O) groups excluding carboxylic acids is 1. The lowest BCUT2D eigenvalue weighted by atomic mass is 10.0. The normalized spacial score (nSPS) is 15.9. The van der Waals surface area contributed by atoms with Crippen LogP contribution in [0.2, 0.25) is 5.02 Å². The van der Waals surface area contributed by atoms with Gasteiger partial charge in [0, 0.05) is 12.8 Å². The molecule has 1 aromatic rings. The van der Waals surface area contributed by atoms with Crippen molar-refractivity contribution in [3.05, 3.63) is 28.8 Å². The van der Waals surface area contributed by atoms with Gasteiger partial charge >= 0.3 is 5.97 Å². The molecule has 1 aliphatic heterocycles. The Morgan fingerprint density at radius 2 is 2.29 bits per heavy atom. The molecule has 0 saturated carbocycles. The van der Waals surface area contributed by atoms with E-state index in [4.69, 9.17) is 21.4 Å². The highest BCUT2D eigenvalue weighted by atomic mass is 35.5. The van der Waals surface area contributed by atoms with Gasteiger partial charge in [0.1, 0.15) is 5.75 Å². The Labute approximate surface area is 126 Å². The van der Waals surface area contributed by atoms with Crippen molar-refractivity contribution >= 4 is 29.2 Å². The minimum absolute atomic E-state index is 0.114. The zero-order valence-electron chi connectivity index (χ0n) is 11.4. The topological polar surface area (TPSA) is 88.0 Å². The molecule has 0 fully saturated rings. The van der Waals surface area contributed by atoms with Crippen LogP contribution in [0.5, 0.6) is 5.75 Å². The maximum absolute atomic E-state index is 11.1. The van der Waals surface area contributed by atoms with Crippen molar-refractivity contribution in [2.45, 2.75) is 32.3 Å². The van der Waals surface area contributed by atoms with Crippen molar-refractivity contribution in [3.8, 4) is 5.75 Å². The van der Waals surface area contributed by atoms with Gasteiger partial charge in [0.2, 0.25) is 5.91 Å². The minimum Gasteiger partial charge on any atom is -0.479 e. The number of carbonyl (C=O) groups is 2. The molecule has 0 radical (unpaired) electrons. The van der Waals surface area contributed by atoms with E-state index in [1.165, 1.54) is 0 Å². The van der Waals surface area contributed by atoms with Crippen LogP contribution < -0.4 is 10.2 Å². The number of aliphatic carboxylic acids is 1. The molecule has 0 aromatic heterocycles. The highest BCUT2D eigenvalue weighted by Crippen LogP contribution is 2.28. The Hall–Kier alpha value is -2.08. The van der Waals surface area contributed by atoms with E-state index in [2.05, 4.69) is 10.5 Å². The highest BCUT2D eigenvalue weighted by Gasteiger charge is 2.19. The van der Waals surface area contributed by atoms with Crippen molar-refractivity contribution < 1.29 is 19.4 Å². The second-order valence-electron chi connectivity index (χ2n) is 4.59. The van der Waals surface area contributed by atoms with Crippen LogP contribution in [0.1, 0.15) is 31.7 Å². The first-order valence-electron chi connectivity index (χ1n) is 6.56. The van der Waals surface area contributed by atoms with Crippen LogP contribution in [-0.2, 0) is 9.59 Å². The number of carboxylic acid groups (broad SMARTS) is 1. The molecule has 1 unspecified atom stereocenters. The van der Waals surface area contributed by atoms with Gasteiger partial charge in [-0.15, -0.1) is 0 Å². The van der Waals surface area contributed by atoms with Crippen LogP contribution in [0.4, 0.5) is 0 Å². The summed E-state index contributed by atoms with van der Waals surface area (Å²) in [6.45, 7) is 1.72. The molecule has 1 aliphatic rings. The second kappa shape index (κ2) is 6.58. The number of halogens is 1. The summed E-state index contributed by atoms with van der Waals surface area (Å²) in [5.74, 6) is -0.829. The molecule has 1 heterocycles. The van der Waals surface area contributed by atoms with E-state index in [1.54, 1.807) is 25.1 Å². The second-order valence-corrected chi connectivity index (χ2v) is 5.00. The molecular weight excluding hydrogens is 296 g/mol. The molecule has 1 atom stereocenters. The zero-order chi connectivity index (χ0) is 15.4. The van der Waals surface area contributed by atoms with Gasteiger partial charge < -0.3 is 9.84 Å². The third kappa shape index (κ3) is 3.72. The van der Waals surface area contributed by atoms with Crippen LogP contribution in [0.15, 0.2) is 23.3 Å². The van der Waals surface area contributed by atoms with Crippen LogP contribution >= 0.6 is 11.6 Å². The van der Waals surface area contributed by atoms with Crippen LogP contribution in [-0.4, -0.2) is 28.8 Å². The average Bonchev–Trinajstić information content (AvgIpc) is 2.46. The average molecular weight is 311 g/mol. The standard InChI is InChI=1S/C14H15ClN2O4/c1-2-11(14(19)20)21-12-5-3-8(7-9(12)15)10-4-6-13(18)17-16-10/h3,5,7,11H,2,4,6H2,1H3,(H,17,18)(H,19,20). The molecule has 1 aromatic carbocycles. The Balaban J connectivity index is 2.18. The van der Waals surface area contributed by atoms with E-state index in [0.29, 0.717) is 30.0 Å². The molecule has 0 aliphatic carbocycles. The summed E-state index contributed by atoms with van der Waals surface area (Å²) < 4.78 is 5.37. The summed E-state index contributed by atoms with van der Waals surface area (Å²) in [6.07, 6.45) is 0.326. The van der Waals surface area contributed by atoms with Gasteiger partial charge in [0.05, 0.1) is 10.7 Å². The van der Waals surface area contributed by atoms with Gasteiger partial charge in [-0.2, -0.15) is 5.10 Å². The Kier molecular flexibility index (Phi) is 4.80. The Bertz CT molecular complexity index is 601. The lowest BCUT2D eigenvalue weighted by Crippen LogP contribution is -2.26. The molecule has 0 bridgehead atoms. The van der Waals surface area contributed by atoms with Crippen LogP contribution in [0.3, 0.4) is 0 Å². The first-order valence-corrected chi connectivity index (χ1v) is 6.94. The molecule has 7 heteroatoms. The van der Waals surface area contributed by atoms with E-state index in [1.807, 2.05) is 0 Å². The highest BCUT2D eigenvalue weighted by molar-refractivity contribution is 6.32. The van der Waals surface area contributed by atoms with Gasteiger partial charge in [-0.25, -0.2) is 10.2 Å². The number of hydrogen-bond acceptors (Lipinski definition) is 4. The molecule has 2 rings (SSSR count). The van der Waals surface area contributed by atoms with Crippen molar-refractivity contribution in [2.75, 3.05) is 0 Å². The van der Waals surface area contributed by atoms with Gasteiger partial charge in [-0.05, 0) is 30.2 Å². The molecule has 21 heavy (non-hydrogen) atoms. The van der Waals surface area contributed by atoms with E-state index < -0.39 is 12.1 Å². The van der Waals surface area contributed by atoms with Crippen molar-refractivity contribution in [3.63, 3.8) is 0 Å². The lowest BCUT2D eigenvalue weighted by molar-refractivity contribution is -0.145. The number of amides is 1. The monoisotopic (exact) mass is 310 g/mol. The summed E-state index contributed by atoms with van der Waals surface area (Å²) in [7, 11) is 0. The number of rotatable bonds is 5. The zero-order valence-corrected chi connectivity index (χ0v) is 12.2. The molecular formula is C14H15ClN2O4. The van der Waals surface area contributed by atoms with Crippen molar-refractivity contribution in [2.24, 2.45) is 5.10 Å². The van der Waals surface area contributed by atoms with Crippen LogP contribution in [0, 0.1) is 0 Å². The summed E-state index contributed by atoms with van der Waals surface area (Å²) >= 11 is 6.12. The fourth-order valence-electron chi connectivity index (χ4n) is 1.92. The summed E-state index contributed by atoms with van der Waals surface area (Å²) in [5.41, 5.74) is 3.92. The number of hydrogen-bond donors (Lipinski definition) is 2. The molecule has 6 nitrogen and oxygen atoms in total. The quantitative estimate of drug-likeness (QED) is 0.872. The predicted octanol–water partition coefficient (Wildman–Crippen LogP) is 2.20. The van der Waals surface area contributed by atoms with E-state index in [0.717, 1.165) is 11.3 Å². The summed E-state index contributed by atoms with van der Waals surface area (Å²) in [6, 6.07) is 5.01. The smallest absolute Gasteiger partial charge is 0.344 e. The third-order valence-corrected chi connectivity index (χ3v) is 3.38. The van der Waals surface area contributed by atoms with Crippen molar-refractivity contribution in [1.82, 2.24) is 5.43 Å². The summed E-state index contributed by atoms with van der Waals surface area (Å²) in [4.78, 5) is 22.0. The number of ether oxygens (including phenoxy) is 1.